The van der Waals surface area contributed by atoms with Gasteiger partial charge in [0.05, 0.1) is 0 Å². The standard InChI is InChI=1S/C15H21NO/c1-16(2)15(17)12-7-10-6-11(12)14-9-4-3-8(5-9)13(10)14/h3-4,8-14H,5-7H2,1-2H3. The largest absolute Gasteiger partial charge is 0.349 e. The van der Waals surface area contributed by atoms with Crippen LogP contribution in [-0.4, -0.2) is 24.9 Å². The fourth-order valence-electron chi connectivity index (χ4n) is 5.63. The van der Waals surface area contributed by atoms with Crippen LogP contribution in [0.4, 0.5) is 0 Å². The lowest BCUT2D eigenvalue weighted by Crippen LogP contribution is -2.39. The van der Waals surface area contributed by atoms with Crippen molar-refractivity contribution in [2.24, 2.45) is 41.4 Å². The van der Waals surface area contributed by atoms with Crippen LogP contribution < -0.4 is 0 Å². The zero-order valence-electron chi connectivity index (χ0n) is 10.7. The highest BCUT2D eigenvalue weighted by atomic mass is 16.2. The van der Waals surface area contributed by atoms with Gasteiger partial charge in [-0.2, -0.15) is 0 Å². The predicted molar refractivity (Wildman–Crippen MR) is 66.1 cm³/mol. The van der Waals surface area contributed by atoms with Crippen LogP contribution in [0.25, 0.3) is 0 Å². The first-order valence-electron chi connectivity index (χ1n) is 7.06. The Bertz CT molecular complexity index is 400. The molecule has 92 valence electrons. The van der Waals surface area contributed by atoms with E-state index in [1.54, 1.807) is 0 Å². The number of rotatable bonds is 1. The molecule has 3 saturated carbocycles. The van der Waals surface area contributed by atoms with E-state index in [0.717, 1.165) is 29.6 Å². The molecule has 17 heavy (non-hydrogen) atoms. The van der Waals surface area contributed by atoms with Crippen LogP contribution in [-0.2, 0) is 4.79 Å². The van der Waals surface area contributed by atoms with Crippen molar-refractivity contribution < 1.29 is 4.79 Å². The van der Waals surface area contributed by atoms with Crippen molar-refractivity contribution in [1.29, 1.82) is 0 Å². The number of allylic oxidation sites excluding steroid dienone is 2. The van der Waals surface area contributed by atoms with Gasteiger partial charge in [0.25, 0.3) is 0 Å². The molecule has 3 fully saturated rings. The van der Waals surface area contributed by atoms with Gasteiger partial charge in [0, 0.05) is 20.0 Å². The van der Waals surface area contributed by atoms with Gasteiger partial charge in [-0.15, -0.1) is 0 Å². The second kappa shape index (κ2) is 3.15. The summed E-state index contributed by atoms with van der Waals surface area (Å²) in [5, 5.41) is 0. The van der Waals surface area contributed by atoms with E-state index in [2.05, 4.69) is 12.2 Å². The van der Waals surface area contributed by atoms with Gasteiger partial charge >= 0.3 is 0 Å². The fraction of sp³-hybridized carbons (Fsp3) is 0.800. The summed E-state index contributed by atoms with van der Waals surface area (Å²) in [6.45, 7) is 0. The first-order valence-corrected chi connectivity index (χ1v) is 7.06. The Morgan fingerprint density at radius 3 is 2.47 bits per heavy atom. The highest BCUT2D eigenvalue weighted by Gasteiger charge is 2.62. The van der Waals surface area contributed by atoms with Crippen molar-refractivity contribution in [2.45, 2.75) is 19.3 Å². The molecule has 4 rings (SSSR count). The van der Waals surface area contributed by atoms with E-state index in [0.29, 0.717) is 17.7 Å². The molecule has 0 aromatic rings. The maximum atomic E-state index is 12.2. The molecule has 1 amide bonds. The lowest BCUT2D eigenvalue weighted by molar-refractivity contribution is -0.135. The van der Waals surface area contributed by atoms with Gasteiger partial charge in [-0.3, -0.25) is 4.79 Å². The molecular formula is C15H21NO. The Morgan fingerprint density at radius 1 is 1.06 bits per heavy atom. The van der Waals surface area contributed by atoms with E-state index in [1.165, 1.54) is 19.3 Å². The Hall–Kier alpha value is -0.790. The van der Waals surface area contributed by atoms with Crippen molar-refractivity contribution in [2.75, 3.05) is 14.1 Å². The summed E-state index contributed by atoms with van der Waals surface area (Å²) >= 11 is 0. The third-order valence-electron chi connectivity index (χ3n) is 6.03. The van der Waals surface area contributed by atoms with Gasteiger partial charge in [0.15, 0.2) is 0 Å². The molecule has 2 nitrogen and oxygen atoms in total. The summed E-state index contributed by atoms with van der Waals surface area (Å²) in [5.74, 6) is 5.80. The van der Waals surface area contributed by atoms with E-state index in [1.807, 2.05) is 19.0 Å². The van der Waals surface area contributed by atoms with E-state index in [-0.39, 0.29) is 0 Å². The number of fused-ring (bicyclic) bond motifs is 9. The third kappa shape index (κ3) is 1.14. The number of hydrogen-bond acceptors (Lipinski definition) is 1. The summed E-state index contributed by atoms with van der Waals surface area (Å²) in [6, 6.07) is 0. The van der Waals surface area contributed by atoms with E-state index in [4.69, 9.17) is 0 Å². The second-order valence-corrected chi connectivity index (χ2v) is 6.84. The smallest absolute Gasteiger partial charge is 0.225 e. The molecule has 0 aliphatic heterocycles. The molecule has 2 heteroatoms. The topological polar surface area (TPSA) is 20.3 Å². The molecule has 0 radical (unpaired) electrons. The van der Waals surface area contributed by atoms with Crippen molar-refractivity contribution in [3.63, 3.8) is 0 Å². The Balaban J connectivity index is 1.63. The predicted octanol–water partition coefficient (Wildman–Crippen LogP) is 2.17. The minimum atomic E-state index is 0.351. The van der Waals surface area contributed by atoms with Crippen LogP contribution in [0.1, 0.15) is 19.3 Å². The van der Waals surface area contributed by atoms with Crippen molar-refractivity contribution in [1.82, 2.24) is 4.90 Å². The number of nitrogens with zero attached hydrogens (tertiary/aromatic N) is 1. The lowest BCUT2D eigenvalue weighted by atomic mass is 9.69. The van der Waals surface area contributed by atoms with Crippen molar-refractivity contribution >= 4 is 5.91 Å². The Morgan fingerprint density at radius 2 is 1.76 bits per heavy atom. The molecule has 0 N–H and O–H groups in total. The van der Waals surface area contributed by atoms with Gasteiger partial charge in [-0.1, -0.05) is 12.2 Å². The molecule has 4 aliphatic rings. The molecule has 7 unspecified atom stereocenters. The minimum absolute atomic E-state index is 0.351. The summed E-state index contributed by atoms with van der Waals surface area (Å²) in [4.78, 5) is 14.0. The van der Waals surface area contributed by atoms with E-state index in [9.17, 15) is 4.79 Å². The summed E-state index contributed by atoms with van der Waals surface area (Å²) in [5.41, 5.74) is 0. The number of carbonyl (C=O) groups is 1. The van der Waals surface area contributed by atoms with Gasteiger partial charge in [0.2, 0.25) is 5.91 Å². The molecule has 0 saturated heterocycles. The highest BCUT2D eigenvalue weighted by Crippen LogP contribution is 2.67. The summed E-state index contributed by atoms with van der Waals surface area (Å²) in [6.07, 6.45) is 8.83. The first kappa shape index (κ1) is 10.2. The zero-order chi connectivity index (χ0) is 11.7. The lowest BCUT2D eigenvalue weighted by Gasteiger charge is -2.36. The maximum Gasteiger partial charge on any atom is 0.225 e. The second-order valence-electron chi connectivity index (χ2n) is 6.84. The summed E-state index contributed by atoms with van der Waals surface area (Å²) in [7, 11) is 3.82. The van der Waals surface area contributed by atoms with Crippen LogP contribution in [0.15, 0.2) is 12.2 Å². The molecular weight excluding hydrogens is 210 g/mol. The number of amides is 1. The molecule has 0 heterocycles. The molecule has 0 aromatic carbocycles. The van der Waals surface area contributed by atoms with Gasteiger partial charge in [-0.25, -0.2) is 0 Å². The Labute approximate surface area is 103 Å². The monoisotopic (exact) mass is 231 g/mol. The van der Waals surface area contributed by atoms with Crippen LogP contribution in [0.3, 0.4) is 0 Å². The Kier molecular flexibility index (Phi) is 1.88. The van der Waals surface area contributed by atoms with E-state index >= 15 is 0 Å². The van der Waals surface area contributed by atoms with Gasteiger partial charge in [0.1, 0.15) is 0 Å². The number of hydrogen-bond donors (Lipinski definition) is 0. The minimum Gasteiger partial charge on any atom is -0.349 e. The van der Waals surface area contributed by atoms with Crippen LogP contribution in [0.2, 0.25) is 0 Å². The van der Waals surface area contributed by atoms with Crippen LogP contribution >= 0.6 is 0 Å². The molecule has 4 bridgehead atoms. The first-order chi connectivity index (χ1) is 8.16. The molecule has 4 aliphatic carbocycles. The van der Waals surface area contributed by atoms with Crippen molar-refractivity contribution in [3.05, 3.63) is 12.2 Å². The quantitative estimate of drug-likeness (QED) is 0.500. The maximum absolute atomic E-state index is 12.2. The van der Waals surface area contributed by atoms with Gasteiger partial charge < -0.3 is 4.90 Å². The van der Waals surface area contributed by atoms with Crippen LogP contribution in [0.5, 0.6) is 0 Å². The summed E-state index contributed by atoms with van der Waals surface area (Å²) < 4.78 is 0. The SMILES string of the molecule is CN(C)C(=O)C1CC2CC1C1C3C=CC(C3)C21. The van der Waals surface area contributed by atoms with Crippen molar-refractivity contribution in [3.8, 4) is 0 Å². The van der Waals surface area contributed by atoms with Gasteiger partial charge in [-0.05, 0) is 54.8 Å². The fourth-order valence-corrected chi connectivity index (χ4v) is 5.63. The highest BCUT2D eigenvalue weighted by molar-refractivity contribution is 5.79. The average Bonchev–Trinajstić information content (AvgIpc) is 3.04. The normalized spacial score (nSPS) is 53.2. The average molecular weight is 231 g/mol. The number of carbonyl (C=O) groups excluding carboxylic acids is 1. The molecule has 7 atom stereocenters. The molecule has 0 aromatic heterocycles. The molecule has 0 spiro atoms. The van der Waals surface area contributed by atoms with E-state index < -0.39 is 0 Å². The third-order valence-corrected chi connectivity index (χ3v) is 6.03. The zero-order valence-corrected chi connectivity index (χ0v) is 10.7. The van der Waals surface area contributed by atoms with Crippen LogP contribution in [0, 0.1) is 41.4 Å².